The van der Waals surface area contributed by atoms with Gasteiger partial charge < -0.3 is 0 Å². The third-order valence-corrected chi connectivity index (χ3v) is 3.19. The maximum atomic E-state index is 2.23. The maximum Gasteiger partial charge on any atom is -0.00613 e. The normalized spacial score (nSPS) is 10.4. The smallest absolute Gasteiger partial charge is 0.00613 e. The molecule has 2 aromatic rings. The van der Waals surface area contributed by atoms with Crippen molar-refractivity contribution in [3.05, 3.63) is 59.2 Å². The van der Waals surface area contributed by atoms with Crippen molar-refractivity contribution < 1.29 is 0 Å². The topological polar surface area (TPSA) is 0 Å². The van der Waals surface area contributed by atoms with E-state index >= 15 is 0 Å². The summed E-state index contributed by atoms with van der Waals surface area (Å²) in [7, 11) is 0. The van der Waals surface area contributed by atoms with Gasteiger partial charge in [0.2, 0.25) is 0 Å². The summed E-state index contributed by atoms with van der Waals surface area (Å²) in [6.07, 6.45) is 1.06. The van der Waals surface area contributed by atoms with Crippen LogP contribution in [0.15, 0.2) is 53.6 Å². The van der Waals surface area contributed by atoms with E-state index in [2.05, 4.69) is 63.2 Å². The van der Waals surface area contributed by atoms with Gasteiger partial charge in [0.05, 0.1) is 0 Å². The van der Waals surface area contributed by atoms with Gasteiger partial charge in [-0.1, -0.05) is 53.6 Å². The van der Waals surface area contributed by atoms with E-state index in [4.69, 9.17) is 0 Å². The molecule has 0 saturated carbocycles. The average Bonchev–Trinajstić information content (AvgIpc) is 2.29. The third-order valence-electron chi connectivity index (χ3n) is 3.19. The van der Waals surface area contributed by atoms with Crippen LogP contribution < -0.4 is 0 Å². The molecule has 0 N–H and O–H groups in total. The Labute approximate surface area is 97.6 Å². The highest BCUT2D eigenvalue weighted by Gasteiger charge is 2.01. The molecular weight excluding hydrogens is 192 g/mol. The summed E-state index contributed by atoms with van der Waals surface area (Å²) in [5.74, 6) is 0. The minimum Gasteiger partial charge on any atom is -0.0772 e. The molecular formula is C16H18. The monoisotopic (exact) mass is 210 g/mol. The Morgan fingerprint density at radius 2 is 1.56 bits per heavy atom. The lowest BCUT2D eigenvalue weighted by Crippen LogP contribution is -1.90. The fraction of sp³-hybridized carbons (Fsp3) is 0.250. The van der Waals surface area contributed by atoms with Crippen LogP contribution >= 0.6 is 0 Å². The zero-order valence-corrected chi connectivity index (χ0v) is 10.2. The average molecular weight is 210 g/mol. The Hall–Kier alpha value is -1.56. The van der Waals surface area contributed by atoms with E-state index < -0.39 is 0 Å². The first-order valence-corrected chi connectivity index (χ1v) is 5.78. The molecule has 0 atom stereocenters. The molecule has 0 aliphatic heterocycles. The molecule has 0 amide bonds. The maximum absolute atomic E-state index is 2.23. The van der Waals surface area contributed by atoms with Gasteiger partial charge in [-0.15, -0.1) is 0 Å². The van der Waals surface area contributed by atoms with Crippen molar-refractivity contribution in [1.29, 1.82) is 0 Å². The molecule has 16 heavy (non-hydrogen) atoms. The second-order valence-corrected chi connectivity index (χ2v) is 4.60. The zero-order valence-electron chi connectivity index (χ0n) is 10.2. The van der Waals surface area contributed by atoms with Gasteiger partial charge in [-0.25, -0.2) is 0 Å². The number of benzene rings is 2. The van der Waals surface area contributed by atoms with Crippen LogP contribution in [0, 0.1) is 0 Å². The summed E-state index contributed by atoms with van der Waals surface area (Å²) in [6.45, 7) is 6.58. The molecule has 0 heteroatoms. The lowest BCUT2D eigenvalue weighted by atomic mass is 9.97. The largest absolute Gasteiger partial charge is 0.0772 e. The Morgan fingerprint density at radius 1 is 0.875 bits per heavy atom. The molecule has 0 fully saturated rings. The predicted octanol–water partition coefficient (Wildman–Crippen LogP) is 4.74. The van der Waals surface area contributed by atoms with E-state index in [1.807, 2.05) is 0 Å². The van der Waals surface area contributed by atoms with Crippen LogP contribution in [0.25, 0.3) is 10.8 Å². The van der Waals surface area contributed by atoms with Crippen LogP contribution in [0.2, 0.25) is 0 Å². The van der Waals surface area contributed by atoms with E-state index in [1.54, 1.807) is 0 Å². The molecule has 0 aromatic heterocycles. The highest BCUT2D eigenvalue weighted by Crippen LogP contribution is 2.21. The van der Waals surface area contributed by atoms with Gasteiger partial charge in [-0.3, -0.25) is 0 Å². The highest BCUT2D eigenvalue weighted by molar-refractivity contribution is 5.85. The van der Waals surface area contributed by atoms with Crippen LogP contribution in [0.3, 0.4) is 0 Å². The number of hydrogen-bond acceptors (Lipinski definition) is 0. The van der Waals surface area contributed by atoms with Gasteiger partial charge in [0, 0.05) is 0 Å². The van der Waals surface area contributed by atoms with Crippen molar-refractivity contribution in [1.82, 2.24) is 0 Å². The van der Waals surface area contributed by atoms with Crippen molar-refractivity contribution in [2.45, 2.75) is 27.2 Å². The molecule has 82 valence electrons. The van der Waals surface area contributed by atoms with Crippen LogP contribution in [-0.4, -0.2) is 0 Å². The van der Waals surface area contributed by atoms with E-state index in [0.29, 0.717) is 0 Å². The summed E-state index contributed by atoms with van der Waals surface area (Å²) < 4.78 is 0. The molecule has 0 unspecified atom stereocenters. The number of allylic oxidation sites excluding steroid dienone is 2. The summed E-state index contributed by atoms with van der Waals surface area (Å²) >= 11 is 0. The number of fused-ring (bicyclic) bond motifs is 1. The molecule has 0 spiro atoms. The molecule has 0 heterocycles. The fourth-order valence-electron chi connectivity index (χ4n) is 1.91. The first kappa shape index (κ1) is 10.9. The SMILES string of the molecule is CC(C)=C(C)Cc1cccc2ccccc12. The van der Waals surface area contributed by atoms with Crippen molar-refractivity contribution >= 4 is 10.8 Å². The van der Waals surface area contributed by atoms with E-state index in [0.717, 1.165) is 6.42 Å². The number of rotatable bonds is 2. The molecule has 0 radical (unpaired) electrons. The lowest BCUT2D eigenvalue weighted by molar-refractivity contribution is 1.10. The van der Waals surface area contributed by atoms with E-state index in [-0.39, 0.29) is 0 Å². The highest BCUT2D eigenvalue weighted by atomic mass is 14.1. The van der Waals surface area contributed by atoms with Gasteiger partial charge in [0.25, 0.3) is 0 Å². The standard InChI is InChI=1S/C16H18/c1-12(2)13(3)11-15-9-6-8-14-7-4-5-10-16(14)15/h4-10H,11H2,1-3H3. The molecule has 0 nitrogen and oxygen atoms in total. The Kier molecular flexibility index (Phi) is 3.09. The van der Waals surface area contributed by atoms with E-state index in [9.17, 15) is 0 Å². The quantitative estimate of drug-likeness (QED) is 0.628. The molecule has 0 aliphatic carbocycles. The minimum absolute atomic E-state index is 1.06. The van der Waals surface area contributed by atoms with Crippen LogP contribution in [-0.2, 0) is 6.42 Å². The summed E-state index contributed by atoms with van der Waals surface area (Å²) in [5, 5.41) is 2.71. The Bertz CT molecular complexity index is 523. The van der Waals surface area contributed by atoms with Gasteiger partial charge in [-0.2, -0.15) is 0 Å². The molecule has 0 saturated heterocycles. The van der Waals surface area contributed by atoms with Crippen LogP contribution in [0.1, 0.15) is 26.3 Å². The molecule has 2 rings (SSSR count). The van der Waals surface area contributed by atoms with Crippen molar-refractivity contribution in [2.24, 2.45) is 0 Å². The summed E-state index contributed by atoms with van der Waals surface area (Å²) in [5.41, 5.74) is 4.32. The van der Waals surface area contributed by atoms with Crippen LogP contribution in [0.5, 0.6) is 0 Å². The molecule has 0 aliphatic rings. The second-order valence-electron chi connectivity index (χ2n) is 4.60. The third kappa shape index (κ3) is 2.16. The Morgan fingerprint density at radius 3 is 2.31 bits per heavy atom. The van der Waals surface area contributed by atoms with Crippen molar-refractivity contribution in [3.8, 4) is 0 Å². The molecule has 0 bridgehead atoms. The van der Waals surface area contributed by atoms with Crippen LogP contribution in [0.4, 0.5) is 0 Å². The number of hydrogen-bond donors (Lipinski definition) is 0. The van der Waals surface area contributed by atoms with E-state index in [1.165, 1.54) is 27.5 Å². The van der Waals surface area contributed by atoms with Gasteiger partial charge in [0.15, 0.2) is 0 Å². The predicted molar refractivity (Wildman–Crippen MR) is 71.7 cm³/mol. The molecule has 2 aromatic carbocycles. The minimum atomic E-state index is 1.06. The first-order chi connectivity index (χ1) is 7.68. The lowest BCUT2D eigenvalue weighted by Gasteiger charge is -2.08. The van der Waals surface area contributed by atoms with Gasteiger partial charge in [-0.05, 0) is 43.5 Å². The van der Waals surface area contributed by atoms with Gasteiger partial charge in [0.1, 0.15) is 0 Å². The Balaban J connectivity index is 2.49. The zero-order chi connectivity index (χ0) is 11.5. The summed E-state index contributed by atoms with van der Waals surface area (Å²) in [4.78, 5) is 0. The van der Waals surface area contributed by atoms with Crippen molar-refractivity contribution in [2.75, 3.05) is 0 Å². The first-order valence-electron chi connectivity index (χ1n) is 5.78. The fourth-order valence-corrected chi connectivity index (χ4v) is 1.91. The van der Waals surface area contributed by atoms with Gasteiger partial charge >= 0.3 is 0 Å². The van der Waals surface area contributed by atoms with Crippen molar-refractivity contribution in [3.63, 3.8) is 0 Å². The second kappa shape index (κ2) is 4.52. The summed E-state index contributed by atoms with van der Waals surface area (Å²) in [6, 6.07) is 15.2.